The summed E-state index contributed by atoms with van der Waals surface area (Å²) in [6, 6.07) is 4.01. The van der Waals surface area contributed by atoms with Crippen molar-refractivity contribution < 1.29 is 33.4 Å². The molecule has 0 bridgehead atoms. The molecule has 0 radical (unpaired) electrons. The van der Waals surface area contributed by atoms with Crippen molar-refractivity contribution >= 4 is 40.8 Å². The summed E-state index contributed by atoms with van der Waals surface area (Å²) >= 11 is 0. The third-order valence-electron chi connectivity index (χ3n) is 12.1. The minimum absolute atomic E-state index is 0.00459. The summed E-state index contributed by atoms with van der Waals surface area (Å²) in [6.45, 7) is 19.2. The number of unbranched alkanes of at least 4 members (excludes halogenated alkanes) is 2. The minimum atomic E-state index is -1.16. The van der Waals surface area contributed by atoms with E-state index in [4.69, 9.17) is 9.47 Å². The quantitative estimate of drug-likeness (QED) is 0.0795. The van der Waals surface area contributed by atoms with E-state index in [0.717, 1.165) is 57.8 Å². The van der Waals surface area contributed by atoms with E-state index in [-0.39, 0.29) is 36.6 Å². The molecule has 1 aromatic heterocycles. The van der Waals surface area contributed by atoms with Crippen LogP contribution in [-0.4, -0.2) is 83.3 Å². The van der Waals surface area contributed by atoms with Gasteiger partial charge in [0.1, 0.15) is 18.1 Å². The summed E-state index contributed by atoms with van der Waals surface area (Å²) in [6.07, 6.45) is 11.9. The molecule has 0 spiro atoms. The van der Waals surface area contributed by atoms with E-state index in [0.29, 0.717) is 47.6 Å². The molecule has 6 atom stereocenters. The van der Waals surface area contributed by atoms with E-state index in [1.54, 1.807) is 12.3 Å². The number of para-hydroxylation sites is 1. The van der Waals surface area contributed by atoms with E-state index in [1.807, 2.05) is 50.8 Å². The lowest BCUT2D eigenvalue weighted by Crippen LogP contribution is -2.60. The molecule has 3 rings (SSSR count). The number of hydrogen-bond donors (Lipinski definition) is 3. The fraction of sp³-hybridized carbons (Fsp3) is 0.717. The molecule has 1 aliphatic rings. The fourth-order valence-corrected chi connectivity index (χ4v) is 8.21. The van der Waals surface area contributed by atoms with E-state index >= 15 is 0 Å². The van der Waals surface area contributed by atoms with Crippen LogP contribution in [0.5, 0.6) is 0 Å². The van der Waals surface area contributed by atoms with Gasteiger partial charge in [-0.15, -0.1) is 0 Å². The lowest BCUT2D eigenvalue weighted by Gasteiger charge is -2.40. The van der Waals surface area contributed by atoms with Gasteiger partial charge in [-0.2, -0.15) is 0 Å². The summed E-state index contributed by atoms with van der Waals surface area (Å²) in [5.41, 5.74) is 0.914. The SMILES string of the molecule is CCCC[C@@H](NC(=O)C(Cc1cn(C(=O)OC)c2ccccc12)NC(=O)C(CC(C)(C)CC)NC(=O)N1C(C)CCCC1C)C(=O)OCCCCC(CC)CC(C)C. The number of fused-ring (bicyclic) bond motifs is 1. The predicted molar refractivity (Wildman–Crippen MR) is 231 cm³/mol. The molecule has 1 fully saturated rings. The standard InChI is InChI=1S/C46H75N5O7/c1-11-14-24-37(43(54)58-26-18-17-22-34(12-2)27-31(4)5)47-41(52)38(28-35-30-50(45(56)57-10)40-25-16-15-23-36(35)40)48-42(53)39(29-46(8,9)13-3)49-44(55)51-32(6)20-19-21-33(51)7/h15-16,23,25,30-34,37-39H,11-14,17-22,24,26-29H2,1-10H3,(H,47,52)(H,48,53)(H,49,55)/t32?,33?,34?,37-,38?,39?/m1/s1. The van der Waals surface area contributed by atoms with Gasteiger partial charge in [0, 0.05) is 30.1 Å². The number of piperidine rings is 1. The molecule has 4 amide bonds. The van der Waals surface area contributed by atoms with Gasteiger partial charge in [-0.25, -0.2) is 14.4 Å². The molecule has 1 aliphatic heterocycles. The highest BCUT2D eigenvalue weighted by Gasteiger charge is 2.36. The maximum Gasteiger partial charge on any atom is 0.418 e. The number of nitrogens with one attached hydrogen (secondary N) is 3. The molecular weight excluding hydrogens is 735 g/mol. The number of aromatic nitrogens is 1. The normalized spacial score (nSPS) is 17.9. The Kier molecular flexibility index (Phi) is 19.6. The highest BCUT2D eigenvalue weighted by molar-refractivity contribution is 5.95. The van der Waals surface area contributed by atoms with Crippen molar-refractivity contribution in [3.63, 3.8) is 0 Å². The number of hydrogen-bond acceptors (Lipinski definition) is 7. The monoisotopic (exact) mass is 810 g/mol. The van der Waals surface area contributed by atoms with Crippen molar-refractivity contribution in [2.75, 3.05) is 13.7 Å². The lowest BCUT2D eigenvalue weighted by molar-refractivity contribution is -0.148. The van der Waals surface area contributed by atoms with Crippen LogP contribution >= 0.6 is 0 Å². The number of carbonyl (C=O) groups excluding carboxylic acids is 5. The summed E-state index contributed by atoms with van der Waals surface area (Å²) in [5, 5.41) is 9.68. The highest BCUT2D eigenvalue weighted by Crippen LogP contribution is 2.29. The third kappa shape index (κ3) is 14.3. The van der Waals surface area contributed by atoms with Gasteiger partial charge >= 0.3 is 18.1 Å². The van der Waals surface area contributed by atoms with E-state index in [2.05, 4.69) is 50.6 Å². The number of amides is 4. The maximum absolute atomic E-state index is 14.5. The number of nitrogens with zero attached hydrogens (tertiary/aromatic N) is 2. The Morgan fingerprint density at radius 3 is 2.14 bits per heavy atom. The Balaban J connectivity index is 1.92. The number of rotatable bonds is 22. The zero-order valence-electron chi connectivity index (χ0n) is 37.3. The van der Waals surface area contributed by atoms with Crippen LogP contribution in [0.4, 0.5) is 9.59 Å². The van der Waals surface area contributed by atoms with Crippen LogP contribution in [-0.2, 0) is 30.3 Å². The smallest absolute Gasteiger partial charge is 0.418 e. The topological polar surface area (TPSA) is 148 Å². The van der Waals surface area contributed by atoms with Crippen molar-refractivity contribution in [2.24, 2.45) is 17.3 Å². The molecule has 12 nitrogen and oxygen atoms in total. The molecule has 1 aromatic carbocycles. The van der Waals surface area contributed by atoms with Gasteiger partial charge in [0.05, 0.1) is 19.2 Å². The maximum atomic E-state index is 14.5. The Hall–Kier alpha value is -4.09. The molecule has 3 N–H and O–H groups in total. The van der Waals surface area contributed by atoms with Gasteiger partial charge in [0.2, 0.25) is 11.8 Å². The highest BCUT2D eigenvalue weighted by atomic mass is 16.5. The Morgan fingerprint density at radius 1 is 0.862 bits per heavy atom. The average Bonchev–Trinajstić information content (AvgIpc) is 3.55. The van der Waals surface area contributed by atoms with Crippen LogP contribution < -0.4 is 16.0 Å². The summed E-state index contributed by atoms with van der Waals surface area (Å²) in [7, 11) is 1.30. The van der Waals surface area contributed by atoms with Gasteiger partial charge in [-0.05, 0) is 94.1 Å². The molecule has 326 valence electrons. The molecule has 0 saturated carbocycles. The van der Waals surface area contributed by atoms with Crippen LogP contribution in [0.2, 0.25) is 0 Å². The zero-order valence-corrected chi connectivity index (χ0v) is 37.3. The molecule has 2 heterocycles. The van der Waals surface area contributed by atoms with Crippen LogP contribution in [0.1, 0.15) is 151 Å². The van der Waals surface area contributed by atoms with Crippen LogP contribution in [0, 0.1) is 17.3 Å². The first-order valence-electron chi connectivity index (χ1n) is 22.1. The van der Waals surface area contributed by atoms with Crippen molar-refractivity contribution in [2.45, 2.75) is 182 Å². The first-order chi connectivity index (χ1) is 27.5. The van der Waals surface area contributed by atoms with E-state index in [1.165, 1.54) is 18.1 Å². The summed E-state index contributed by atoms with van der Waals surface area (Å²) in [4.78, 5) is 71.0. The number of esters is 1. The molecule has 0 aliphatic carbocycles. The fourth-order valence-electron chi connectivity index (χ4n) is 8.21. The van der Waals surface area contributed by atoms with Gasteiger partial charge in [-0.3, -0.25) is 14.2 Å². The van der Waals surface area contributed by atoms with Gasteiger partial charge < -0.3 is 30.3 Å². The first-order valence-corrected chi connectivity index (χ1v) is 22.1. The van der Waals surface area contributed by atoms with E-state index < -0.39 is 42.0 Å². The summed E-state index contributed by atoms with van der Waals surface area (Å²) < 4.78 is 12.2. The molecule has 58 heavy (non-hydrogen) atoms. The van der Waals surface area contributed by atoms with Gasteiger partial charge in [0.15, 0.2) is 0 Å². The number of likely N-dealkylation sites (tertiary alicyclic amines) is 1. The van der Waals surface area contributed by atoms with Gasteiger partial charge in [0.25, 0.3) is 0 Å². The molecule has 5 unspecified atom stereocenters. The second-order valence-corrected chi connectivity index (χ2v) is 17.8. The predicted octanol–water partition coefficient (Wildman–Crippen LogP) is 8.91. The van der Waals surface area contributed by atoms with Crippen molar-refractivity contribution in [3.8, 4) is 0 Å². The van der Waals surface area contributed by atoms with Crippen molar-refractivity contribution in [1.82, 2.24) is 25.4 Å². The van der Waals surface area contributed by atoms with Gasteiger partial charge in [-0.1, -0.05) is 98.8 Å². The van der Waals surface area contributed by atoms with Crippen LogP contribution in [0.3, 0.4) is 0 Å². The number of ether oxygens (including phenoxy) is 2. The molecule has 2 aromatic rings. The summed E-state index contributed by atoms with van der Waals surface area (Å²) in [5.74, 6) is -0.258. The number of carbonyl (C=O) groups is 5. The Morgan fingerprint density at radius 2 is 1.52 bits per heavy atom. The molecular formula is C46H75N5O7. The molecule has 12 heteroatoms. The van der Waals surface area contributed by atoms with Crippen molar-refractivity contribution in [1.29, 1.82) is 0 Å². The van der Waals surface area contributed by atoms with Crippen LogP contribution in [0.15, 0.2) is 30.5 Å². The number of methoxy groups -OCH3 is 1. The number of urea groups is 1. The minimum Gasteiger partial charge on any atom is -0.464 e. The molecule has 1 saturated heterocycles. The largest absolute Gasteiger partial charge is 0.464 e. The number of benzene rings is 1. The first kappa shape index (κ1) is 48.3. The Bertz CT molecular complexity index is 1630. The average molecular weight is 810 g/mol. The third-order valence-corrected chi connectivity index (χ3v) is 12.1. The van der Waals surface area contributed by atoms with Crippen molar-refractivity contribution in [3.05, 3.63) is 36.0 Å². The second-order valence-electron chi connectivity index (χ2n) is 17.8. The van der Waals surface area contributed by atoms with Crippen LogP contribution in [0.25, 0.3) is 10.9 Å². The Labute approximate surface area is 348 Å². The van der Waals surface area contributed by atoms with E-state index in [9.17, 15) is 24.0 Å². The lowest BCUT2D eigenvalue weighted by atomic mass is 9.83. The second kappa shape index (κ2) is 23.5. The zero-order chi connectivity index (χ0) is 43.0.